The maximum Gasteiger partial charge on any atom is 0.372 e. The number of nitrogens with one attached hydrogen (secondary N) is 2. The topological polar surface area (TPSA) is 107 Å². The quantitative estimate of drug-likeness (QED) is 0.246. The number of benzene rings is 2. The first-order valence-corrected chi connectivity index (χ1v) is 11.1. The predicted molar refractivity (Wildman–Crippen MR) is 128 cm³/mol. The lowest BCUT2D eigenvalue weighted by Crippen LogP contribution is -2.16. The zero-order valence-electron chi connectivity index (χ0n) is 17.9. The number of methoxy groups -OCH3 is 2. The molecule has 5 rings (SSSR count). The summed E-state index contributed by atoms with van der Waals surface area (Å²) in [7, 11) is 3.21. The van der Waals surface area contributed by atoms with Gasteiger partial charge in [-0.3, -0.25) is 0 Å². The Hall–Kier alpha value is -4.05. The van der Waals surface area contributed by atoms with Crippen LogP contribution in [0.2, 0.25) is 0 Å². The molecule has 10 heteroatoms. The van der Waals surface area contributed by atoms with Gasteiger partial charge < -0.3 is 29.9 Å². The van der Waals surface area contributed by atoms with Crippen LogP contribution in [-0.4, -0.2) is 40.1 Å². The van der Waals surface area contributed by atoms with Crippen molar-refractivity contribution in [1.29, 1.82) is 0 Å². The number of fused-ring (bicyclic) bond motifs is 2. The van der Waals surface area contributed by atoms with E-state index in [1.165, 1.54) is 15.7 Å². The average molecular weight is 464 g/mol. The molecule has 1 atom stereocenters. The SMILES string of the molecule is COc1cccc(C(CNc2nc3sccn3c2[N+](=O)[O-])c2c[nH]c3ccccc23)c1OC. The van der Waals surface area contributed by atoms with E-state index in [-0.39, 0.29) is 17.6 Å². The molecule has 168 valence electrons. The largest absolute Gasteiger partial charge is 0.493 e. The molecule has 9 nitrogen and oxygen atoms in total. The van der Waals surface area contributed by atoms with Gasteiger partial charge in [0, 0.05) is 40.5 Å². The van der Waals surface area contributed by atoms with Crippen LogP contribution in [0.15, 0.2) is 60.2 Å². The van der Waals surface area contributed by atoms with Gasteiger partial charge in [-0.25, -0.2) is 0 Å². The Kier molecular flexibility index (Phi) is 5.35. The monoisotopic (exact) mass is 463 g/mol. The molecule has 2 aromatic carbocycles. The van der Waals surface area contributed by atoms with E-state index in [0.29, 0.717) is 23.0 Å². The number of nitrogens with zero attached hydrogens (tertiary/aromatic N) is 3. The van der Waals surface area contributed by atoms with E-state index in [1.54, 1.807) is 25.8 Å². The van der Waals surface area contributed by atoms with Crippen molar-refractivity contribution in [2.75, 3.05) is 26.1 Å². The Morgan fingerprint density at radius 1 is 1.18 bits per heavy atom. The van der Waals surface area contributed by atoms with Crippen molar-refractivity contribution in [3.05, 3.63) is 81.5 Å². The number of hydrogen-bond acceptors (Lipinski definition) is 7. The van der Waals surface area contributed by atoms with Gasteiger partial charge in [0.2, 0.25) is 5.82 Å². The second kappa shape index (κ2) is 8.47. The number of para-hydroxylation sites is 2. The third-order valence-corrected chi connectivity index (χ3v) is 6.45. The number of aromatic nitrogens is 3. The molecule has 0 aliphatic carbocycles. The number of anilines is 1. The third kappa shape index (κ3) is 3.54. The number of H-pyrrole nitrogens is 1. The standard InChI is InChI=1S/C23H21N5O4S/c1-31-19-9-5-7-15(20(19)32-2)17(16-12-24-18-8-4-3-6-14(16)18)13-25-21-22(28(29)30)27-10-11-33-23(27)26-21/h3-12,17,24-25H,13H2,1-2H3. The van der Waals surface area contributed by atoms with E-state index >= 15 is 0 Å². The number of imidazole rings is 1. The van der Waals surface area contributed by atoms with E-state index < -0.39 is 4.92 Å². The molecule has 0 aliphatic heterocycles. The highest BCUT2D eigenvalue weighted by molar-refractivity contribution is 7.15. The Balaban J connectivity index is 1.61. The second-order valence-electron chi connectivity index (χ2n) is 7.40. The molecule has 0 saturated heterocycles. The lowest BCUT2D eigenvalue weighted by Gasteiger charge is -2.21. The molecule has 0 saturated carbocycles. The van der Waals surface area contributed by atoms with Gasteiger partial charge in [0.15, 0.2) is 11.5 Å². The van der Waals surface area contributed by atoms with Crippen LogP contribution in [-0.2, 0) is 0 Å². The summed E-state index contributed by atoms with van der Waals surface area (Å²) in [6.07, 6.45) is 3.62. The molecule has 1 unspecified atom stereocenters. The van der Waals surface area contributed by atoms with E-state index in [9.17, 15) is 10.1 Å². The lowest BCUT2D eigenvalue weighted by atomic mass is 9.90. The highest BCUT2D eigenvalue weighted by Crippen LogP contribution is 2.41. The van der Waals surface area contributed by atoms with Crippen molar-refractivity contribution in [3.8, 4) is 11.5 Å². The summed E-state index contributed by atoms with van der Waals surface area (Å²) in [6.45, 7) is 0.358. The summed E-state index contributed by atoms with van der Waals surface area (Å²) >= 11 is 1.35. The predicted octanol–water partition coefficient (Wildman–Crippen LogP) is 5.05. The normalized spacial score (nSPS) is 12.2. The van der Waals surface area contributed by atoms with Crippen LogP contribution < -0.4 is 14.8 Å². The molecule has 0 fully saturated rings. The van der Waals surface area contributed by atoms with Crippen LogP contribution in [0, 0.1) is 10.1 Å². The first-order chi connectivity index (χ1) is 16.1. The van der Waals surface area contributed by atoms with Gasteiger partial charge in [-0.2, -0.15) is 9.38 Å². The summed E-state index contributed by atoms with van der Waals surface area (Å²) in [5.41, 5.74) is 2.94. The molecule has 3 aromatic heterocycles. The third-order valence-electron chi connectivity index (χ3n) is 5.69. The maximum absolute atomic E-state index is 11.8. The molecule has 3 heterocycles. The van der Waals surface area contributed by atoms with Crippen molar-refractivity contribution in [1.82, 2.24) is 14.4 Å². The molecule has 0 aliphatic rings. The first-order valence-electron chi connectivity index (χ1n) is 10.2. The van der Waals surface area contributed by atoms with Crippen molar-refractivity contribution in [2.24, 2.45) is 0 Å². The van der Waals surface area contributed by atoms with E-state index in [1.807, 2.05) is 42.6 Å². The smallest absolute Gasteiger partial charge is 0.372 e. The molecule has 0 amide bonds. The number of ether oxygens (including phenoxy) is 2. The molecule has 0 radical (unpaired) electrons. The molecule has 0 bridgehead atoms. The van der Waals surface area contributed by atoms with Gasteiger partial charge in [0.25, 0.3) is 4.96 Å². The van der Waals surface area contributed by atoms with E-state index in [2.05, 4.69) is 21.4 Å². The van der Waals surface area contributed by atoms with E-state index in [0.717, 1.165) is 22.0 Å². The van der Waals surface area contributed by atoms with Gasteiger partial charge >= 0.3 is 5.82 Å². The van der Waals surface area contributed by atoms with Crippen LogP contribution in [0.5, 0.6) is 11.5 Å². The van der Waals surface area contributed by atoms with Gasteiger partial charge in [0.1, 0.15) is 6.20 Å². The molecule has 5 aromatic rings. The Morgan fingerprint density at radius 2 is 2.03 bits per heavy atom. The van der Waals surface area contributed by atoms with Crippen LogP contribution in [0.3, 0.4) is 0 Å². The maximum atomic E-state index is 11.8. The fourth-order valence-electron chi connectivity index (χ4n) is 4.22. The average Bonchev–Trinajstić information content (AvgIpc) is 3.53. The van der Waals surface area contributed by atoms with Gasteiger partial charge in [-0.15, -0.1) is 0 Å². The zero-order valence-corrected chi connectivity index (χ0v) is 18.8. The van der Waals surface area contributed by atoms with Gasteiger partial charge in [-0.1, -0.05) is 41.7 Å². The van der Waals surface area contributed by atoms with Crippen LogP contribution >= 0.6 is 11.3 Å². The van der Waals surface area contributed by atoms with Crippen LogP contribution in [0.4, 0.5) is 11.6 Å². The molecule has 0 spiro atoms. The summed E-state index contributed by atoms with van der Waals surface area (Å²) < 4.78 is 12.7. The fraction of sp³-hybridized carbons (Fsp3) is 0.174. The highest BCUT2D eigenvalue weighted by Gasteiger charge is 2.27. The number of hydrogen-bond donors (Lipinski definition) is 2. The van der Waals surface area contributed by atoms with Crippen molar-refractivity contribution in [3.63, 3.8) is 0 Å². The summed E-state index contributed by atoms with van der Waals surface area (Å²) in [6, 6.07) is 13.8. The highest BCUT2D eigenvalue weighted by atomic mass is 32.1. The summed E-state index contributed by atoms with van der Waals surface area (Å²) in [5.74, 6) is 1.19. The molecule has 2 N–H and O–H groups in total. The Morgan fingerprint density at radius 3 is 2.82 bits per heavy atom. The minimum absolute atomic E-state index is 0.0819. The summed E-state index contributed by atoms with van der Waals surface area (Å²) in [5, 5.41) is 17.8. The van der Waals surface area contributed by atoms with Gasteiger partial charge in [-0.05, 0) is 22.6 Å². The minimum atomic E-state index is -0.415. The Labute approximate surface area is 192 Å². The second-order valence-corrected chi connectivity index (χ2v) is 8.28. The number of rotatable bonds is 8. The number of aromatic amines is 1. The van der Waals surface area contributed by atoms with Crippen LogP contribution in [0.25, 0.3) is 15.9 Å². The van der Waals surface area contributed by atoms with Crippen molar-refractivity contribution >= 4 is 38.8 Å². The lowest BCUT2D eigenvalue weighted by molar-refractivity contribution is -0.389. The van der Waals surface area contributed by atoms with Crippen LogP contribution in [0.1, 0.15) is 17.0 Å². The van der Waals surface area contributed by atoms with Crippen molar-refractivity contribution in [2.45, 2.75) is 5.92 Å². The molecular weight excluding hydrogens is 442 g/mol. The summed E-state index contributed by atoms with van der Waals surface area (Å²) in [4.78, 5) is 19.7. The number of thiazole rings is 1. The van der Waals surface area contributed by atoms with E-state index in [4.69, 9.17) is 9.47 Å². The zero-order chi connectivity index (χ0) is 22.9. The fourth-order valence-corrected chi connectivity index (χ4v) is 4.93. The first kappa shape index (κ1) is 20.8. The minimum Gasteiger partial charge on any atom is -0.493 e. The number of nitro groups is 1. The molecule has 33 heavy (non-hydrogen) atoms. The Bertz CT molecular complexity index is 1450. The van der Waals surface area contributed by atoms with Gasteiger partial charge in [0.05, 0.1) is 14.2 Å². The van der Waals surface area contributed by atoms with Crippen molar-refractivity contribution < 1.29 is 14.4 Å². The molecular formula is C23H21N5O4S.